The second-order valence-electron chi connectivity index (χ2n) is 6.22. The highest BCUT2D eigenvalue weighted by molar-refractivity contribution is 5.93. The molecule has 3 N–H and O–H groups in total. The van der Waals surface area contributed by atoms with Crippen molar-refractivity contribution in [1.29, 1.82) is 0 Å². The molecular weight excluding hydrogens is 359 g/mol. The molecule has 0 amide bonds. The van der Waals surface area contributed by atoms with Gasteiger partial charge in [0.1, 0.15) is 5.75 Å². The highest BCUT2D eigenvalue weighted by Gasteiger charge is 2.42. The topological polar surface area (TPSA) is 68.9 Å². The van der Waals surface area contributed by atoms with E-state index in [0.717, 1.165) is 11.3 Å². The number of methoxy groups -OCH3 is 1. The molecule has 2 atom stereocenters. The second-order valence-corrected chi connectivity index (χ2v) is 6.22. The SMILES string of the molecule is COCc1ccccc1NC(N)=NC1CC1c1ccccc1OC(F)(F)F. The average molecular weight is 379 g/mol. The molecule has 0 spiro atoms. The maximum atomic E-state index is 12.6. The highest BCUT2D eigenvalue weighted by atomic mass is 19.4. The van der Waals surface area contributed by atoms with Crippen LogP contribution in [0.3, 0.4) is 0 Å². The number of guanidine groups is 1. The van der Waals surface area contributed by atoms with Crippen molar-refractivity contribution in [3.8, 4) is 5.75 Å². The average Bonchev–Trinajstić information content (AvgIpc) is 3.34. The lowest BCUT2D eigenvalue weighted by Crippen LogP contribution is -2.24. The third-order valence-corrected chi connectivity index (χ3v) is 4.19. The van der Waals surface area contributed by atoms with Crippen molar-refractivity contribution in [2.75, 3.05) is 12.4 Å². The van der Waals surface area contributed by atoms with E-state index >= 15 is 0 Å². The standard InChI is InChI=1S/C19H20F3N3O2/c1-26-11-12-6-2-4-8-15(12)24-18(23)25-16-10-14(16)13-7-3-5-9-17(13)27-19(20,21)22/h2-9,14,16H,10-11H2,1H3,(H3,23,24,25). The van der Waals surface area contributed by atoms with Crippen LogP contribution in [0.15, 0.2) is 53.5 Å². The molecule has 1 aliphatic rings. The first-order chi connectivity index (χ1) is 12.9. The first-order valence-corrected chi connectivity index (χ1v) is 8.39. The number of rotatable bonds is 6. The second kappa shape index (κ2) is 7.87. The number of aliphatic imine (C=N–C) groups is 1. The summed E-state index contributed by atoms with van der Waals surface area (Å²) in [5, 5.41) is 3.03. The number of nitrogens with two attached hydrogens (primary N) is 1. The van der Waals surface area contributed by atoms with E-state index in [9.17, 15) is 13.2 Å². The Bertz CT molecular complexity index is 824. The number of para-hydroxylation sites is 2. The summed E-state index contributed by atoms with van der Waals surface area (Å²) in [7, 11) is 1.60. The summed E-state index contributed by atoms with van der Waals surface area (Å²) in [6, 6.07) is 13.4. The van der Waals surface area contributed by atoms with Gasteiger partial charge in [0.05, 0.1) is 12.6 Å². The smallest absolute Gasteiger partial charge is 0.405 e. The molecule has 0 heterocycles. The lowest BCUT2D eigenvalue weighted by Gasteiger charge is -2.13. The van der Waals surface area contributed by atoms with Crippen molar-refractivity contribution in [3.63, 3.8) is 0 Å². The van der Waals surface area contributed by atoms with Crippen LogP contribution in [0.2, 0.25) is 0 Å². The molecule has 1 fully saturated rings. The zero-order chi connectivity index (χ0) is 19.4. The van der Waals surface area contributed by atoms with Gasteiger partial charge in [0.25, 0.3) is 0 Å². The summed E-state index contributed by atoms with van der Waals surface area (Å²) in [6.07, 6.45) is -4.12. The molecule has 144 valence electrons. The van der Waals surface area contributed by atoms with Gasteiger partial charge < -0.3 is 20.5 Å². The Hall–Kier alpha value is -2.74. The van der Waals surface area contributed by atoms with Gasteiger partial charge in [-0.05, 0) is 24.1 Å². The first kappa shape index (κ1) is 19.0. The van der Waals surface area contributed by atoms with Gasteiger partial charge in [-0.3, -0.25) is 0 Å². The van der Waals surface area contributed by atoms with Crippen LogP contribution < -0.4 is 15.8 Å². The predicted molar refractivity (Wildman–Crippen MR) is 96.7 cm³/mol. The fraction of sp³-hybridized carbons (Fsp3) is 0.316. The number of nitrogens with one attached hydrogen (secondary N) is 1. The number of anilines is 1. The van der Waals surface area contributed by atoms with Crippen molar-refractivity contribution < 1.29 is 22.6 Å². The number of halogens is 3. The van der Waals surface area contributed by atoms with Gasteiger partial charge >= 0.3 is 6.36 Å². The summed E-state index contributed by atoms with van der Waals surface area (Å²) < 4.78 is 47.0. The number of hydrogen-bond acceptors (Lipinski definition) is 3. The number of alkyl halides is 3. The zero-order valence-electron chi connectivity index (χ0n) is 14.7. The zero-order valence-corrected chi connectivity index (χ0v) is 14.7. The van der Waals surface area contributed by atoms with E-state index in [0.29, 0.717) is 18.6 Å². The van der Waals surface area contributed by atoms with Gasteiger partial charge in [0.2, 0.25) is 0 Å². The molecule has 3 rings (SSSR count). The minimum absolute atomic E-state index is 0.155. The summed E-state index contributed by atoms with van der Waals surface area (Å²) >= 11 is 0. The number of benzene rings is 2. The number of nitrogens with zero attached hydrogens (tertiary/aromatic N) is 1. The molecule has 2 unspecified atom stereocenters. The number of hydrogen-bond donors (Lipinski definition) is 2. The van der Waals surface area contributed by atoms with E-state index in [1.54, 1.807) is 19.2 Å². The summed E-state index contributed by atoms with van der Waals surface area (Å²) in [5.41, 5.74) is 8.16. The van der Waals surface area contributed by atoms with Gasteiger partial charge in [-0.1, -0.05) is 36.4 Å². The first-order valence-electron chi connectivity index (χ1n) is 8.39. The van der Waals surface area contributed by atoms with Crippen LogP contribution in [-0.2, 0) is 11.3 Å². The Morgan fingerprint density at radius 3 is 2.63 bits per heavy atom. The van der Waals surface area contributed by atoms with Gasteiger partial charge in [-0.15, -0.1) is 13.2 Å². The molecule has 27 heavy (non-hydrogen) atoms. The van der Waals surface area contributed by atoms with Crippen LogP contribution in [0.4, 0.5) is 18.9 Å². The van der Waals surface area contributed by atoms with E-state index in [2.05, 4.69) is 15.0 Å². The lowest BCUT2D eigenvalue weighted by atomic mass is 10.1. The molecule has 0 radical (unpaired) electrons. The molecule has 1 aliphatic carbocycles. The summed E-state index contributed by atoms with van der Waals surface area (Å²) in [6.45, 7) is 0.421. The fourth-order valence-electron chi connectivity index (χ4n) is 2.94. The molecule has 0 saturated heterocycles. The highest BCUT2D eigenvalue weighted by Crippen LogP contribution is 2.47. The Labute approximate surface area is 155 Å². The van der Waals surface area contributed by atoms with E-state index in [1.165, 1.54) is 12.1 Å². The molecule has 0 bridgehead atoms. The van der Waals surface area contributed by atoms with Crippen molar-refractivity contribution in [2.24, 2.45) is 10.7 Å². The Kier molecular flexibility index (Phi) is 5.55. The van der Waals surface area contributed by atoms with Crippen LogP contribution in [0.1, 0.15) is 23.5 Å². The molecule has 0 aromatic heterocycles. The van der Waals surface area contributed by atoms with Crippen molar-refractivity contribution >= 4 is 11.6 Å². The van der Waals surface area contributed by atoms with Gasteiger partial charge in [0, 0.05) is 24.3 Å². The summed E-state index contributed by atoms with van der Waals surface area (Å²) in [4.78, 5) is 4.39. The maximum absolute atomic E-state index is 12.6. The van der Waals surface area contributed by atoms with Crippen LogP contribution >= 0.6 is 0 Å². The van der Waals surface area contributed by atoms with Crippen LogP contribution in [0, 0.1) is 0 Å². The van der Waals surface area contributed by atoms with E-state index < -0.39 is 6.36 Å². The minimum atomic E-state index is -4.73. The predicted octanol–water partition coefficient (Wildman–Crippen LogP) is 4.01. The van der Waals surface area contributed by atoms with Crippen LogP contribution in [0.5, 0.6) is 5.75 Å². The fourth-order valence-corrected chi connectivity index (χ4v) is 2.94. The van der Waals surface area contributed by atoms with E-state index in [4.69, 9.17) is 10.5 Å². The van der Waals surface area contributed by atoms with E-state index in [-0.39, 0.29) is 23.7 Å². The summed E-state index contributed by atoms with van der Waals surface area (Å²) in [5.74, 6) is -0.136. The normalized spacial score (nSPS) is 19.6. The molecular formula is C19H20F3N3O2. The van der Waals surface area contributed by atoms with Crippen LogP contribution in [0.25, 0.3) is 0 Å². The molecule has 2 aromatic rings. The third-order valence-electron chi connectivity index (χ3n) is 4.19. The molecule has 0 aliphatic heterocycles. The lowest BCUT2D eigenvalue weighted by molar-refractivity contribution is -0.274. The van der Waals surface area contributed by atoms with Gasteiger partial charge in [-0.2, -0.15) is 0 Å². The van der Waals surface area contributed by atoms with Gasteiger partial charge in [0.15, 0.2) is 5.96 Å². The van der Waals surface area contributed by atoms with Crippen LogP contribution in [-0.4, -0.2) is 25.5 Å². The largest absolute Gasteiger partial charge is 0.573 e. The Balaban J connectivity index is 1.69. The molecule has 2 aromatic carbocycles. The quantitative estimate of drug-likeness (QED) is 0.588. The molecule has 5 nitrogen and oxygen atoms in total. The van der Waals surface area contributed by atoms with Crippen molar-refractivity contribution in [3.05, 3.63) is 59.7 Å². The monoisotopic (exact) mass is 379 g/mol. The minimum Gasteiger partial charge on any atom is -0.405 e. The van der Waals surface area contributed by atoms with E-state index in [1.807, 2.05) is 24.3 Å². The maximum Gasteiger partial charge on any atom is 0.573 e. The Morgan fingerprint density at radius 2 is 1.89 bits per heavy atom. The van der Waals surface area contributed by atoms with Crippen molar-refractivity contribution in [2.45, 2.75) is 31.3 Å². The molecule has 1 saturated carbocycles. The van der Waals surface area contributed by atoms with Gasteiger partial charge in [-0.25, -0.2) is 4.99 Å². The Morgan fingerprint density at radius 1 is 1.19 bits per heavy atom. The molecule has 8 heteroatoms. The number of ether oxygens (including phenoxy) is 2. The van der Waals surface area contributed by atoms with Crippen molar-refractivity contribution in [1.82, 2.24) is 0 Å². The third kappa shape index (κ3) is 5.13.